The van der Waals surface area contributed by atoms with E-state index in [1.807, 2.05) is 12.1 Å². The summed E-state index contributed by atoms with van der Waals surface area (Å²) in [6.45, 7) is 3.29. The number of hydrogen-bond acceptors (Lipinski definition) is 2. The molecule has 0 aliphatic carbocycles. The Hall–Kier alpha value is -1.80. The maximum Gasteiger partial charge on any atom is 0.118 e. The van der Waals surface area contributed by atoms with Crippen LogP contribution in [-0.4, -0.2) is 19.7 Å². The molecule has 0 fully saturated rings. The maximum absolute atomic E-state index is 5.18. The summed E-state index contributed by atoms with van der Waals surface area (Å²) in [5.74, 6) is 0.924. The summed E-state index contributed by atoms with van der Waals surface area (Å²) in [6.07, 6.45) is 3.35. The van der Waals surface area contributed by atoms with Gasteiger partial charge in [0.25, 0.3) is 0 Å². The molecule has 0 aliphatic heterocycles. The third-order valence-corrected chi connectivity index (χ3v) is 3.77. The van der Waals surface area contributed by atoms with E-state index in [0.717, 1.165) is 31.6 Å². The lowest BCUT2D eigenvalue weighted by Gasteiger charge is -2.14. The van der Waals surface area contributed by atoms with E-state index in [4.69, 9.17) is 4.74 Å². The molecule has 0 unspecified atom stereocenters. The number of methoxy groups -OCH3 is 1. The Bertz CT molecular complexity index is 507. The van der Waals surface area contributed by atoms with Gasteiger partial charge < -0.3 is 10.1 Å². The van der Waals surface area contributed by atoms with Gasteiger partial charge in [-0.25, -0.2) is 0 Å². The van der Waals surface area contributed by atoms with Crippen LogP contribution in [0.1, 0.15) is 24.5 Å². The van der Waals surface area contributed by atoms with E-state index in [9.17, 15) is 0 Å². The molecule has 0 radical (unpaired) electrons. The summed E-state index contributed by atoms with van der Waals surface area (Å²) < 4.78 is 5.18. The minimum Gasteiger partial charge on any atom is -0.497 e. The summed E-state index contributed by atoms with van der Waals surface area (Å²) in [4.78, 5) is 0. The van der Waals surface area contributed by atoms with Gasteiger partial charge >= 0.3 is 0 Å². The molecule has 0 aromatic heterocycles. The normalized spacial score (nSPS) is 12.1. The van der Waals surface area contributed by atoms with Gasteiger partial charge in [-0.2, -0.15) is 0 Å². The van der Waals surface area contributed by atoms with E-state index in [2.05, 4.69) is 54.7 Å². The molecule has 2 nitrogen and oxygen atoms in total. The van der Waals surface area contributed by atoms with Gasteiger partial charge in [0.1, 0.15) is 5.75 Å². The van der Waals surface area contributed by atoms with Crippen molar-refractivity contribution in [2.75, 3.05) is 13.7 Å². The zero-order chi connectivity index (χ0) is 14.9. The van der Waals surface area contributed by atoms with E-state index < -0.39 is 0 Å². The fourth-order valence-electron chi connectivity index (χ4n) is 2.39. The molecule has 112 valence electrons. The van der Waals surface area contributed by atoms with Gasteiger partial charge in [-0.3, -0.25) is 0 Å². The predicted molar refractivity (Wildman–Crippen MR) is 88.9 cm³/mol. The second-order valence-electron chi connectivity index (χ2n) is 5.48. The maximum atomic E-state index is 5.18. The molecule has 2 aromatic carbocycles. The zero-order valence-corrected chi connectivity index (χ0v) is 13.0. The molecule has 0 aliphatic rings. The van der Waals surface area contributed by atoms with Gasteiger partial charge in [-0.05, 0) is 56.0 Å². The second-order valence-corrected chi connectivity index (χ2v) is 5.48. The average molecular weight is 283 g/mol. The van der Waals surface area contributed by atoms with E-state index in [-0.39, 0.29) is 0 Å². The van der Waals surface area contributed by atoms with Crippen molar-refractivity contribution in [3.63, 3.8) is 0 Å². The molecule has 0 spiro atoms. The Morgan fingerprint density at radius 3 is 2.24 bits per heavy atom. The first-order valence-electron chi connectivity index (χ1n) is 7.68. The highest BCUT2D eigenvalue weighted by atomic mass is 16.5. The first-order chi connectivity index (χ1) is 10.3. The number of aryl methyl sites for hydroxylation is 1. The van der Waals surface area contributed by atoms with Crippen LogP contribution < -0.4 is 10.1 Å². The fourth-order valence-corrected chi connectivity index (χ4v) is 2.39. The molecule has 2 aromatic rings. The van der Waals surface area contributed by atoms with Crippen molar-refractivity contribution in [1.82, 2.24) is 5.32 Å². The van der Waals surface area contributed by atoms with Gasteiger partial charge in [-0.1, -0.05) is 42.5 Å². The molecule has 0 bridgehead atoms. The largest absolute Gasteiger partial charge is 0.497 e. The number of nitrogens with one attached hydrogen (secondary N) is 1. The fraction of sp³-hybridized carbons (Fsp3) is 0.368. The number of ether oxygens (including phenoxy) is 1. The van der Waals surface area contributed by atoms with Crippen LogP contribution in [0.4, 0.5) is 0 Å². The summed E-state index contributed by atoms with van der Waals surface area (Å²) in [7, 11) is 1.70. The van der Waals surface area contributed by atoms with Crippen molar-refractivity contribution in [2.45, 2.75) is 32.2 Å². The smallest absolute Gasteiger partial charge is 0.118 e. The van der Waals surface area contributed by atoms with Crippen LogP contribution in [-0.2, 0) is 12.8 Å². The van der Waals surface area contributed by atoms with Gasteiger partial charge in [0, 0.05) is 6.04 Å². The van der Waals surface area contributed by atoms with Crippen molar-refractivity contribution in [1.29, 1.82) is 0 Å². The SMILES string of the molecule is COc1ccc(CC[C@@H](C)NCCc2ccccc2)cc1. The summed E-state index contributed by atoms with van der Waals surface area (Å²) >= 11 is 0. The monoisotopic (exact) mass is 283 g/mol. The number of hydrogen-bond donors (Lipinski definition) is 1. The summed E-state index contributed by atoms with van der Waals surface area (Å²) in [5, 5.41) is 3.60. The first kappa shape index (κ1) is 15.6. The first-order valence-corrected chi connectivity index (χ1v) is 7.68. The predicted octanol–water partition coefficient (Wildman–Crippen LogP) is 3.85. The van der Waals surface area contributed by atoms with Crippen LogP contribution in [0, 0.1) is 0 Å². The standard InChI is InChI=1S/C19H25NO/c1-16(20-15-14-17-6-4-3-5-7-17)8-9-18-10-12-19(21-2)13-11-18/h3-7,10-13,16,20H,8-9,14-15H2,1-2H3/t16-/m1/s1. The van der Waals surface area contributed by atoms with E-state index in [0.29, 0.717) is 6.04 Å². The van der Waals surface area contributed by atoms with Crippen molar-refractivity contribution in [3.05, 3.63) is 65.7 Å². The number of rotatable bonds is 8. The molecule has 0 saturated heterocycles. The van der Waals surface area contributed by atoms with Gasteiger partial charge in [0.05, 0.1) is 7.11 Å². The highest BCUT2D eigenvalue weighted by molar-refractivity contribution is 5.27. The Kier molecular flexibility index (Phi) is 6.29. The van der Waals surface area contributed by atoms with Crippen LogP contribution >= 0.6 is 0 Å². The van der Waals surface area contributed by atoms with Crippen LogP contribution in [0.3, 0.4) is 0 Å². The third-order valence-electron chi connectivity index (χ3n) is 3.77. The van der Waals surface area contributed by atoms with Crippen molar-refractivity contribution in [2.24, 2.45) is 0 Å². The lowest BCUT2D eigenvalue weighted by Crippen LogP contribution is -2.28. The zero-order valence-electron chi connectivity index (χ0n) is 13.0. The lowest BCUT2D eigenvalue weighted by molar-refractivity contribution is 0.414. The molecule has 2 heteroatoms. The van der Waals surface area contributed by atoms with Crippen molar-refractivity contribution < 1.29 is 4.74 Å². The average Bonchev–Trinajstić information content (AvgIpc) is 2.54. The van der Waals surface area contributed by atoms with E-state index in [1.54, 1.807) is 7.11 Å². The van der Waals surface area contributed by atoms with Crippen molar-refractivity contribution in [3.8, 4) is 5.75 Å². The topological polar surface area (TPSA) is 21.3 Å². The van der Waals surface area contributed by atoms with Gasteiger partial charge in [-0.15, -0.1) is 0 Å². The van der Waals surface area contributed by atoms with E-state index >= 15 is 0 Å². The van der Waals surface area contributed by atoms with Gasteiger partial charge in [0.2, 0.25) is 0 Å². The summed E-state index contributed by atoms with van der Waals surface area (Å²) in [5.41, 5.74) is 2.76. The highest BCUT2D eigenvalue weighted by Crippen LogP contribution is 2.13. The van der Waals surface area contributed by atoms with Crippen LogP contribution in [0.15, 0.2) is 54.6 Å². The van der Waals surface area contributed by atoms with E-state index in [1.165, 1.54) is 11.1 Å². The number of benzene rings is 2. The Balaban J connectivity index is 1.66. The molecule has 1 N–H and O–H groups in total. The molecule has 21 heavy (non-hydrogen) atoms. The minimum absolute atomic E-state index is 0.538. The van der Waals surface area contributed by atoms with Gasteiger partial charge in [0.15, 0.2) is 0 Å². The molecule has 0 amide bonds. The van der Waals surface area contributed by atoms with Crippen molar-refractivity contribution >= 4 is 0 Å². The van der Waals surface area contributed by atoms with Crippen LogP contribution in [0.2, 0.25) is 0 Å². The molecular weight excluding hydrogens is 258 g/mol. The Morgan fingerprint density at radius 2 is 1.57 bits per heavy atom. The molecule has 1 atom stereocenters. The Morgan fingerprint density at radius 1 is 0.905 bits per heavy atom. The minimum atomic E-state index is 0.538. The second kappa shape index (κ2) is 8.48. The molecule has 0 heterocycles. The summed E-state index contributed by atoms with van der Waals surface area (Å²) in [6, 6.07) is 19.5. The molecule has 0 saturated carbocycles. The molecular formula is C19H25NO. The van der Waals surface area contributed by atoms with Crippen LogP contribution in [0.25, 0.3) is 0 Å². The Labute approximate surface area is 128 Å². The quantitative estimate of drug-likeness (QED) is 0.794. The lowest BCUT2D eigenvalue weighted by atomic mass is 10.1. The third kappa shape index (κ3) is 5.60. The molecule has 2 rings (SSSR count). The van der Waals surface area contributed by atoms with Crippen LogP contribution in [0.5, 0.6) is 5.75 Å². The highest BCUT2D eigenvalue weighted by Gasteiger charge is 2.02.